The van der Waals surface area contributed by atoms with Gasteiger partial charge in [0.1, 0.15) is 11.9 Å². The van der Waals surface area contributed by atoms with Gasteiger partial charge in [-0.1, -0.05) is 0 Å². The second-order valence-electron chi connectivity index (χ2n) is 10.4. The number of fused-ring (bicyclic) bond motifs is 1. The molecule has 0 unspecified atom stereocenters. The predicted molar refractivity (Wildman–Crippen MR) is 85.1 cm³/mol. The minimum Gasteiger partial charge on any atom is -0.469 e. The van der Waals surface area contributed by atoms with E-state index < -0.39 is 10.8 Å². The van der Waals surface area contributed by atoms with Crippen LogP contribution in [0.1, 0.15) is 25.7 Å². The van der Waals surface area contributed by atoms with Crippen molar-refractivity contribution in [2.75, 3.05) is 7.11 Å². The Hall–Kier alpha value is -1.39. The average molecular weight is 354 g/mol. The van der Waals surface area contributed by atoms with E-state index in [1.165, 1.54) is 7.11 Å². The van der Waals surface area contributed by atoms with Crippen LogP contribution in [0.2, 0.25) is 0 Å². The Morgan fingerprint density at radius 3 is 2.62 bits per heavy atom. The van der Waals surface area contributed by atoms with Gasteiger partial charge in [-0.25, -0.2) is 0 Å². The van der Waals surface area contributed by atoms with E-state index in [1.807, 2.05) is 0 Å². The van der Waals surface area contributed by atoms with Crippen molar-refractivity contribution < 1.29 is 23.9 Å². The molecule has 1 aliphatic heterocycles. The molecule has 1 spiro atoms. The van der Waals surface area contributed by atoms with Crippen molar-refractivity contribution in [2.45, 2.75) is 31.8 Å². The van der Waals surface area contributed by atoms with Gasteiger partial charge in [-0.05, 0) is 66.6 Å². The Bertz CT molecular complexity index is 849. The number of esters is 2. The first-order valence-electron chi connectivity index (χ1n) is 10.4. The van der Waals surface area contributed by atoms with E-state index in [2.05, 4.69) is 0 Å². The summed E-state index contributed by atoms with van der Waals surface area (Å²) in [6.07, 6.45) is 3.66. The first kappa shape index (κ1) is 13.7. The maximum absolute atomic E-state index is 13.6. The van der Waals surface area contributed by atoms with Crippen LogP contribution in [0.25, 0.3) is 0 Å². The maximum Gasteiger partial charge on any atom is 0.314 e. The van der Waals surface area contributed by atoms with Crippen LogP contribution in [0.5, 0.6) is 0 Å². The average Bonchev–Trinajstić information content (AvgIpc) is 3.41. The maximum atomic E-state index is 13.6. The molecule has 9 aliphatic rings. The third-order valence-electron chi connectivity index (χ3n) is 11.0. The van der Waals surface area contributed by atoms with E-state index in [0.29, 0.717) is 47.7 Å². The Morgan fingerprint density at radius 1 is 1.00 bits per heavy atom. The number of rotatable bonds is 1. The molecular weight excluding hydrogens is 332 g/mol. The van der Waals surface area contributed by atoms with Crippen molar-refractivity contribution >= 4 is 17.7 Å². The highest BCUT2D eigenvalue weighted by Crippen LogP contribution is 2.98. The molecule has 8 aliphatic carbocycles. The second kappa shape index (κ2) is 3.51. The Kier molecular flexibility index (Phi) is 1.86. The Balaban J connectivity index is 1.48. The van der Waals surface area contributed by atoms with Gasteiger partial charge in [0.25, 0.3) is 0 Å². The molecule has 26 heavy (non-hydrogen) atoms. The number of carbonyl (C=O) groups excluding carboxylic acids is 3. The molecule has 5 heteroatoms. The Morgan fingerprint density at radius 2 is 1.81 bits per heavy atom. The second-order valence-corrected chi connectivity index (χ2v) is 10.4. The van der Waals surface area contributed by atoms with Crippen LogP contribution in [-0.4, -0.2) is 30.9 Å². The van der Waals surface area contributed by atoms with Crippen LogP contribution in [0, 0.1) is 70.0 Å². The van der Waals surface area contributed by atoms with Crippen LogP contribution >= 0.6 is 0 Å². The molecule has 0 N–H and O–H groups in total. The molecule has 0 aromatic rings. The van der Waals surface area contributed by atoms with Gasteiger partial charge in [-0.3, -0.25) is 14.4 Å². The van der Waals surface area contributed by atoms with E-state index in [1.54, 1.807) is 0 Å². The highest BCUT2D eigenvalue weighted by molar-refractivity contribution is 5.98. The van der Waals surface area contributed by atoms with Gasteiger partial charge in [0.2, 0.25) is 0 Å². The molecule has 13 atom stereocenters. The first-order chi connectivity index (χ1) is 12.6. The molecule has 8 saturated carbocycles. The summed E-state index contributed by atoms with van der Waals surface area (Å²) < 4.78 is 11.5. The quantitative estimate of drug-likeness (QED) is 0.667. The van der Waals surface area contributed by atoms with Crippen LogP contribution in [0.3, 0.4) is 0 Å². The summed E-state index contributed by atoms with van der Waals surface area (Å²) in [4.78, 5) is 39.9. The fourth-order valence-corrected chi connectivity index (χ4v) is 11.6. The van der Waals surface area contributed by atoms with Crippen molar-refractivity contribution in [2.24, 2.45) is 70.0 Å². The number of ketones is 1. The molecular formula is C21H22O5. The molecule has 136 valence electrons. The lowest BCUT2D eigenvalue weighted by molar-refractivity contribution is -0.232. The smallest absolute Gasteiger partial charge is 0.314 e. The number of hydrogen-bond donors (Lipinski definition) is 0. The lowest BCUT2D eigenvalue weighted by Crippen LogP contribution is -2.68. The zero-order valence-electron chi connectivity index (χ0n) is 14.7. The third-order valence-corrected chi connectivity index (χ3v) is 11.0. The number of carbonyl (C=O) groups is 3. The molecule has 0 aromatic carbocycles. The van der Waals surface area contributed by atoms with E-state index in [9.17, 15) is 14.4 Å². The highest BCUT2D eigenvalue weighted by Gasteiger charge is 3.02. The highest BCUT2D eigenvalue weighted by atomic mass is 16.6. The minimum absolute atomic E-state index is 0.00616. The van der Waals surface area contributed by atoms with Gasteiger partial charge in [0.15, 0.2) is 0 Å². The monoisotopic (exact) mass is 354 g/mol. The summed E-state index contributed by atoms with van der Waals surface area (Å²) in [5.74, 6) is 3.06. The van der Waals surface area contributed by atoms with E-state index in [4.69, 9.17) is 9.47 Å². The fraction of sp³-hybridized carbons (Fsp3) is 0.857. The third kappa shape index (κ3) is 0.848. The van der Waals surface area contributed by atoms with Gasteiger partial charge >= 0.3 is 11.9 Å². The normalized spacial score (nSPS) is 68.9. The topological polar surface area (TPSA) is 69.7 Å². The van der Waals surface area contributed by atoms with Crippen molar-refractivity contribution in [1.82, 2.24) is 0 Å². The van der Waals surface area contributed by atoms with Gasteiger partial charge in [-0.2, -0.15) is 0 Å². The van der Waals surface area contributed by atoms with Crippen molar-refractivity contribution in [3.05, 3.63) is 0 Å². The summed E-state index contributed by atoms with van der Waals surface area (Å²) >= 11 is 0. The zero-order valence-corrected chi connectivity index (χ0v) is 14.7. The zero-order chi connectivity index (χ0) is 17.3. The standard InChI is InChI=1S/C21H22O5/c1-25-18(23)20-15-7-3-5-9-11(7)17-13(15)12-14(21(17,20)19(24)26-9)6-2-4-8(22)10(6)16(12)20/h6-7,9-17H,2-5H2,1H3/t6-,7-,9+,10-,11+,12+,13-,14+,15+,16+,17-,20+,21+/m1/s1. The van der Waals surface area contributed by atoms with Crippen LogP contribution < -0.4 is 0 Å². The van der Waals surface area contributed by atoms with E-state index >= 15 is 0 Å². The number of ether oxygens (including phenoxy) is 2. The summed E-state index contributed by atoms with van der Waals surface area (Å²) in [6.45, 7) is 0. The minimum atomic E-state index is -0.749. The van der Waals surface area contributed by atoms with Gasteiger partial charge < -0.3 is 9.47 Å². The number of hydrogen-bond acceptors (Lipinski definition) is 5. The summed E-state index contributed by atoms with van der Waals surface area (Å²) in [7, 11) is 1.47. The van der Waals surface area contributed by atoms with Crippen molar-refractivity contribution in [3.8, 4) is 0 Å². The SMILES string of the molecule is COC(=O)[C@@]12[C@H]3[C@@H]4CC[C@@H]5OC(=O)[C@]16[C@H]([C@@H]45)[C@@H]3[C@H]1[C@@H]6[C@@H]3CCC(=O)[C@@H]3[C@@H]12. The van der Waals surface area contributed by atoms with Crippen molar-refractivity contribution in [1.29, 1.82) is 0 Å². The lowest BCUT2D eigenvalue weighted by Gasteiger charge is -2.60. The van der Waals surface area contributed by atoms with Crippen LogP contribution in [0.4, 0.5) is 0 Å². The molecule has 9 rings (SSSR count). The molecule has 8 bridgehead atoms. The molecule has 1 heterocycles. The largest absolute Gasteiger partial charge is 0.469 e. The van der Waals surface area contributed by atoms with E-state index in [-0.39, 0.29) is 41.7 Å². The first-order valence-corrected chi connectivity index (χ1v) is 10.4. The Labute approximate surface area is 151 Å². The fourth-order valence-electron chi connectivity index (χ4n) is 11.6. The molecule has 9 fully saturated rings. The molecule has 1 saturated heterocycles. The summed E-state index contributed by atoms with van der Waals surface area (Å²) in [6, 6.07) is 0. The van der Waals surface area contributed by atoms with Gasteiger partial charge in [0.05, 0.1) is 17.9 Å². The van der Waals surface area contributed by atoms with Crippen LogP contribution in [0.15, 0.2) is 0 Å². The summed E-state index contributed by atoms with van der Waals surface area (Å²) in [5, 5.41) is 0. The predicted octanol–water partition coefficient (Wildman–Crippen LogP) is 1.44. The van der Waals surface area contributed by atoms with E-state index in [0.717, 1.165) is 19.3 Å². The molecule has 0 amide bonds. The van der Waals surface area contributed by atoms with Crippen LogP contribution in [-0.2, 0) is 23.9 Å². The van der Waals surface area contributed by atoms with Gasteiger partial charge in [-0.15, -0.1) is 0 Å². The molecule has 5 nitrogen and oxygen atoms in total. The number of methoxy groups -OCH3 is 1. The van der Waals surface area contributed by atoms with Gasteiger partial charge in [0, 0.05) is 18.3 Å². The number of Topliss-reactive ketones (excluding diaryl/α,β-unsaturated/α-hetero) is 1. The van der Waals surface area contributed by atoms with Crippen molar-refractivity contribution in [3.63, 3.8) is 0 Å². The lowest BCUT2D eigenvalue weighted by atomic mass is 9.43. The summed E-state index contributed by atoms with van der Waals surface area (Å²) in [5.41, 5.74) is -1.40. The molecule has 0 radical (unpaired) electrons. The molecule has 0 aromatic heterocycles.